The van der Waals surface area contributed by atoms with E-state index in [0.29, 0.717) is 23.3 Å². The molecule has 0 aliphatic heterocycles. The number of hydrogen-bond acceptors (Lipinski definition) is 5. The lowest BCUT2D eigenvalue weighted by atomic mass is 9.97. The molecule has 0 spiro atoms. The van der Waals surface area contributed by atoms with Gasteiger partial charge in [-0.15, -0.1) is 0 Å². The first-order valence-corrected chi connectivity index (χ1v) is 6.40. The summed E-state index contributed by atoms with van der Waals surface area (Å²) >= 11 is 4.05. The molecular weight excluding hydrogens is 252 g/mol. The third-order valence-corrected chi connectivity index (χ3v) is 3.04. The van der Waals surface area contributed by atoms with Crippen LogP contribution in [0.5, 0.6) is 0 Å². The van der Waals surface area contributed by atoms with E-state index in [2.05, 4.69) is 12.6 Å². The quantitative estimate of drug-likeness (QED) is 0.522. The lowest BCUT2D eigenvalue weighted by Crippen LogP contribution is -2.21. The van der Waals surface area contributed by atoms with Gasteiger partial charge in [0.1, 0.15) is 6.10 Å². The van der Waals surface area contributed by atoms with Crippen molar-refractivity contribution < 1.29 is 19.7 Å². The normalized spacial score (nSPS) is 14.8. The van der Waals surface area contributed by atoms with E-state index in [1.54, 1.807) is 12.1 Å². The van der Waals surface area contributed by atoms with E-state index >= 15 is 0 Å². The van der Waals surface area contributed by atoms with Crippen molar-refractivity contribution in [2.45, 2.75) is 24.9 Å². The zero-order valence-electron chi connectivity index (χ0n) is 10.6. The summed E-state index contributed by atoms with van der Waals surface area (Å²) in [5.41, 5.74) is 1.33. The van der Waals surface area contributed by atoms with Crippen molar-refractivity contribution in [2.24, 2.45) is 0 Å². The van der Waals surface area contributed by atoms with E-state index in [1.165, 1.54) is 14.2 Å². The molecule has 0 saturated carbocycles. The number of methoxy groups -OCH3 is 2. The maximum absolute atomic E-state index is 10.1. The molecule has 2 atom stereocenters. The van der Waals surface area contributed by atoms with Crippen LogP contribution >= 0.6 is 12.6 Å². The monoisotopic (exact) mass is 272 g/mol. The minimum absolute atomic E-state index is 0.420. The Labute approximate surface area is 113 Å². The minimum Gasteiger partial charge on any atom is -0.390 e. The summed E-state index contributed by atoms with van der Waals surface area (Å²) in [5.74, 6) is 0.512. The summed E-state index contributed by atoms with van der Waals surface area (Å²) in [4.78, 5) is 0. The number of benzene rings is 1. The standard InChI is InChI=1S/C13H20O4S/c1-16-13(17-2)10-6-4-3-5-9(10)12(15)11(14)7-8-18/h3-6,11-15,18H,7-8H2,1-2H3. The third-order valence-electron chi connectivity index (χ3n) is 2.79. The summed E-state index contributed by atoms with van der Waals surface area (Å²) in [6.07, 6.45) is -1.96. The predicted molar refractivity (Wildman–Crippen MR) is 72.6 cm³/mol. The summed E-state index contributed by atoms with van der Waals surface area (Å²) in [7, 11) is 3.06. The summed E-state index contributed by atoms with van der Waals surface area (Å²) in [6.45, 7) is 0. The second-order valence-corrected chi connectivity index (χ2v) is 4.40. The highest BCUT2D eigenvalue weighted by molar-refractivity contribution is 7.80. The highest BCUT2D eigenvalue weighted by atomic mass is 32.1. The molecule has 1 aromatic rings. The van der Waals surface area contributed by atoms with Crippen LogP contribution in [-0.2, 0) is 9.47 Å². The SMILES string of the molecule is COC(OC)c1ccccc1C(O)C(O)CCS. The molecule has 0 saturated heterocycles. The topological polar surface area (TPSA) is 58.9 Å². The van der Waals surface area contributed by atoms with Gasteiger partial charge in [0.15, 0.2) is 6.29 Å². The lowest BCUT2D eigenvalue weighted by molar-refractivity contribution is -0.108. The molecule has 0 aromatic heterocycles. The van der Waals surface area contributed by atoms with Gasteiger partial charge < -0.3 is 19.7 Å². The number of aliphatic hydroxyl groups excluding tert-OH is 2. The molecule has 2 unspecified atom stereocenters. The molecule has 0 aliphatic rings. The fourth-order valence-electron chi connectivity index (χ4n) is 1.84. The Morgan fingerprint density at radius 3 is 2.17 bits per heavy atom. The molecule has 0 heterocycles. The number of hydrogen-bond donors (Lipinski definition) is 3. The Kier molecular flexibility index (Phi) is 6.67. The van der Waals surface area contributed by atoms with Crippen molar-refractivity contribution in [3.63, 3.8) is 0 Å². The van der Waals surface area contributed by atoms with Gasteiger partial charge in [-0.2, -0.15) is 12.6 Å². The molecule has 1 rings (SSSR count). The average Bonchev–Trinajstić information content (AvgIpc) is 2.40. The van der Waals surface area contributed by atoms with Crippen LogP contribution in [0.1, 0.15) is 29.9 Å². The first-order chi connectivity index (χ1) is 8.65. The van der Waals surface area contributed by atoms with E-state index < -0.39 is 18.5 Å². The van der Waals surface area contributed by atoms with E-state index in [4.69, 9.17) is 9.47 Å². The number of ether oxygens (including phenoxy) is 2. The third kappa shape index (κ3) is 3.70. The second kappa shape index (κ2) is 7.76. The van der Waals surface area contributed by atoms with Crippen molar-refractivity contribution in [1.82, 2.24) is 0 Å². The maximum Gasteiger partial charge on any atom is 0.183 e. The van der Waals surface area contributed by atoms with Gasteiger partial charge in [0.2, 0.25) is 0 Å². The smallest absolute Gasteiger partial charge is 0.183 e. The van der Waals surface area contributed by atoms with Crippen LogP contribution < -0.4 is 0 Å². The molecule has 0 bridgehead atoms. The Balaban J connectivity index is 3.00. The van der Waals surface area contributed by atoms with Gasteiger partial charge in [0.05, 0.1) is 6.10 Å². The van der Waals surface area contributed by atoms with Crippen LogP contribution in [0, 0.1) is 0 Å². The van der Waals surface area contributed by atoms with Crippen molar-refractivity contribution in [3.8, 4) is 0 Å². The van der Waals surface area contributed by atoms with Gasteiger partial charge in [-0.25, -0.2) is 0 Å². The van der Waals surface area contributed by atoms with Crippen molar-refractivity contribution >= 4 is 12.6 Å². The molecule has 1 aromatic carbocycles. The molecule has 0 aliphatic carbocycles. The molecular formula is C13H20O4S. The van der Waals surface area contributed by atoms with Gasteiger partial charge in [-0.05, 0) is 17.7 Å². The fourth-order valence-corrected chi connectivity index (χ4v) is 2.11. The average molecular weight is 272 g/mol. The number of aliphatic hydroxyl groups is 2. The van der Waals surface area contributed by atoms with Crippen LogP contribution in [0.25, 0.3) is 0 Å². The first kappa shape index (κ1) is 15.5. The van der Waals surface area contributed by atoms with Crippen molar-refractivity contribution in [2.75, 3.05) is 20.0 Å². The molecule has 5 heteroatoms. The molecule has 2 N–H and O–H groups in total. The van der Waals surface area contributed by atoms with E-state index in [9.17, 15) is 10.2 Å². The van der Waals surface area contributed by atoms with Gasteiger partial charge >= 0.3 is 0 Å². The number of thiol groups is 1. The van der Waals surface area contributed by atoms with Gasteiger partial charge in [0, 0.05) is 19.8 Å². The zero-order chi connectivity index (χ0) is 13.5. The van der Waals surface area contributed by atoms with Crippen molar-refractivity contribution in [1.29, 1.82) is 0 Å². The highest BCUT2D eigenvalue weighted by Gasteiger charge is 2.23. The second-order valence-electron chi connectivity index (χ2n) is 3.96. The van der Waals surface area contributed by atoms with E-state index in [1.807, 2.05) is 12.1 Å². The van der Waals surface area contributed by atoms with Crippen LogP contribution in [-0.4, -0.2) is 36.3 Å². The maximum atomic E-state index is 10.1. The first-order valence-electron chi connectivity index (χ1n) is 5.77. The minimum atomic E-state index is -0.971. The Hall–Kier alpha value is -0.590. The zero-order valence-corrected chi connectivity index (χ0v) is 11.5. The number of rotatable bonds is 7. The Morgan fingerprint density at radius 2 is 1.67 bits per heavy atom. The summed E-state index contributed by atoms with van der Waals surface area (Å²) in [6, 6.07) is 7.20. The fraction of sp³-hybridized carbons (Fsp3) is 0.538. The van der Waals surface area contributed by atoms with E-state index in [0.717, 1.165) is 0 Å². The molecule has 18 heavy (non-hydrogen) atoms. The lowest BCUT2D eigenvalue weighted by Gasteiger charge is -2.23. The predicted octanol–water partition coefficient (Wildman–Crippen LogP) is 1.69. The molecule has 4 nitrogen and oxygen atoms in total. The largest absolute Gasteiger partial charge is 0.390 e. The van der Waals surface area contributed by atoms with Crippen LogP contribution in [0.4, 0.5) is 0 Å². The van der Waals surface area contributed by atoms with Crippen molar-refractivity contribution in [3.05, 3.63) is 35.4 Å². The van der Waals surface area contributed by atoms with Gasteiger partial charge in [0.25, 0.3) is 0 Å². The summed E-state index contributed by atoms with van der Waals surface area (Å²) in [5, 5.41) is 20.0. The summed E-state index contributed by atoms with van der Waals surface area (Å²) < 4.78 is 10.4. The van der Waals surface area contributed by atoms with Gasteiger partial charge in [-0.1, -0.05) is 24.3 Å². The molecule has 0 amide bonds. The van der Waals surface area contributed by atoms with Crippen LogP contribution in [0.3, 0.4) is 0 Å². The molecule has 102 valence electrons. The van der Waals surface area contributed by atoms with Gasteiger partial charge in [-0.3, -0.25) is 0 Å². The molecule has 0 fully saturated rings. The Bertz CT molecular complexity index is 355. The Morgan fingerprint density at radius 1 is 1.11 bits per heavy atom. The van der Waals surface area contributed by atoms with Crippen LogP contribution in [0.2, 0.25) is 0 Å². The molecule has 0 radical (unpaired) electrons. The van der Waals surface area contributed by atoms with Crippen LogP contribution in [0.15, 0.2) is 24.3 Å². The highest BCUT2D eigenvalue weighted by Crippen LogP contribution is 2.29. The van der Waals surface area contributed by atoms with E-state index in [-0.39, 0.29) is 0 Å².